The molecule has 1 aliphatic rings. The number of hydrogen-bond acceptors (Lipinski definition) is 4. The lowest BCUT2D eigenvalue weighted by Crippen LogP contribution is -2.36. The average molecular weight is 371 g/mol. The van der Waals surface area contributed by atoms with Crippen LogP contribution in [0.4, 0.5) is 0 Å². The maximum Gasteiger partial charge on any atom is 0.246 e. The molecule has 0 spiro atoms. The van der Waals surface area contributed by atoms with Gasteiger partial charge in [0, 0.05) is 19.1 Å². The van der Waals surface area contributed by atoms with Crippen LogP contribution in [0.5, 0.6) is 0 Å². The molecule has 0 radical (unpaired) electrons. The zero-order valence-electron chi connectivity index (χ0n) is 15.7. The van der Waals surface area contributed by atoms with Crippen LogP contribution in [0.15, 0.2) is 4.90 Å². The standard InChI is InChI=1S/C17H30N4O3S/c1-5-9-13(2)18-16(22)12-21-15(4)17(14(3)19-21)25(23,24)20-10-7-6-8-11-20/h13H,5-12H2,1-4H3,(H,18,22)/t13-/m0/s1. The second kappa shape index (κ2) is 8.31. The molecule has 8 heteroatoms. The number of sulfonamides is 1. The van der Waals surface area contributed by atoms with Crippen molar-refractivity contribution in [2.24, 2.45) is 0 Å². The third kappa shape index (κ3) is 4.61. The highest BCUT2D eigenvalue weighted by atomic mass is 32.2. The van der Waals surface area contributed by atoms with Crippen LogP contribution in [0.25, 0.3) is 0 Å². The van der Waals surface area contributed by atoms with Gasteiger partial charge in [-0.3, -0.25) is 9.48 Å². The van der Waals surface area contributed by atoms with Gasteiger partial charge < -0.3 is 5.32 Å². The highest BCUT2D eigenvalue weighted by molar-refractivity contribution is 7.89. The normalized spacial score (nSPS) is 17.4. The fraction of sp³-hybridized carbons (Fsp3) is 0.765. The minimum Gasteiger partial charge on any atom is -0.352 e. The van der Waals surface area contributed by atoms with Crippen LogP contribution >= 0.6 is 0 Å². The lowest BCUT2D eigenvalue weighted by molar-refractivity contribution is -0.122. The van der Waals surface area contributed by atoms with Crippen molar-refractivity contribution in [2.45, 2.75) is 77.3 Å². The van der Waals surface area contributed by atoms with Crippen LogP contribution in [0, 0.1) is 13.8 Å². The Balaban J connectivity index is 2.18. The Kier molecular flexibility index (Phi) is 6.62. The van der Waals surface area contributed by atoms with Crippen molar-refractivity contribution in [3.8, 4) is 0 Å². The molecule has 7 nitrogen and oxygen atoms in total. The molecule has 1 N–H and O–H groups in total. The molecule has 1 saturated heterocycles. The topological polar surface area (TPSA) is 84.3 Å². The van der Waals surface area contributed by atoms with Gasteiger partial charge in [-0.15, -0.1) is 0 Å². The molecule has 1 atom stereocenters. The molecule has 1 fully saturated rings. The van der Waals surface area contributed by atoms with E-state index in [9.17, 15) is 13.2 Å². The molecule has 0 bridgehead atoms. The number of rotatable bonds is 7. The van der Waals surface area contributed by atoms with E-state index in [1.54, 1.807) is 18.2 Å². The molecular weight excluding hydrogens is 340 g/mol. The summed E-state index contributed by atoms with van der Waals surface area (Å²) in [6, 6.07) is 0.103. The summed E-state index contributed by atoms with van der Waals surface area (Å²) in [4.78, 5) is 12.4. The molecule has 1 amide bonds. The van der Waals surface area contributed by atoms with Gasteiger partial charge in [-0.1, -0.05) is 19.8 Å². The molecule has 1 aromatic rings. The summed E-state index contributed by atoms with van der Waals surface area (Å²) >= 11 is 0. The number of nitrogens with one attached hydrogen (secondary N) is 1. The third-order valence-corrected chi connectivity index (χ3v) is 6.80. The SMILES string of the molecule is CCC[C@H](C)NC(=O)Cn1nc(C)c(S(=O)(=O)N2CCCCC2)c1C. The number of amides is 1. The Hall–Kier alpha value is -1.41. The second-order valence-electron chi connectivity index (χ2n) is 6.88. The molecule has 0 aliphatic carbocycles. The van der Waals surface area contributed by atoms with E-state index in [4.69, 9.17) is 0 Å². The summed E-state index contributed by atoms with van der Waals surface area (Å²) in [5, 5.41) is 7.24. The first-order valence-corrected chi connectivity index (χ1v) is 10.5. The van der Waals surface area contributed by atoms with E-state index in [1.807, 2.05) is 6.92 Å². The molecule has 1 aliphatic heterocycles. The summed E-state index contributed by atoms with van der Waals surface area (Å²) in [7, 11) is -3.55. The molecule has 1 aromatic heterocycles. The molecule has 25 heavy (non-hydrogen) atoms. The van der Waals surface area contributed by atoms with E-state index in [-0.39, 0.29) is 23.4 Å². The first-order valence-electron chi connectivity index (χ1n) is 9.10. The summed E-state index contributed by atoms with van der Waals surface area (Å²) < 4.78 is 29.0. The van der Waals surface area contributed by atoms with Crippen LogP contribution in [0.3, 0.4) is 0 Å². The second-order valence-corrected chi connectivity index (χ2v) is 8.75. The van der Waals surface area contributed by atoms with Crippen LogP contribution in [0.1, 0.15) is 57.3 Å². The van der Waals surface area contributed by atoms with Gasteiger partial charge in [-0.2, -0.15) is 9.40 Å². The summed E-state index contributed by atoms with van der Waals surface area (Å²) in [5.41, 5.74) is 0.985. The van der Waals surface area contributed by atoms with Gasteiger partial charge in [-0.05, 0) is 40.0 Å². The number of aryl methyl sites for hydroxylation is 1. The largest absolute Gasteiger partial charge is 0.352 e. The van der Waals surface area contributed by atoms with E-state index < -0.39 is 10.0 Å². The Morgan fingerprint density at radius 1 is 1.24 bits per heavy atom. The van der Waals surface area contributed by atoms with E-state index in [0.717, 1.165) is 32.1 Å². The van der Waals surface area contributed by atoms with Crippen molar-refractivity contribution in [1.29, 1.82) is 0 Å². The molecule has 142 valence electrons. The van der Waals surface area contributed by atoms with E-state index in [0.29, 0.717) is 24.5 Å². The van der Waals surface area contributed by atoms with Crippen LogP contribution in [0.2, 0.25) is 0 Å². The van der Waals surface area contributed by atoms with Crippen LogP contribution < -0.4 is 5.32 Å². The van der Waals surface area contributed by atoms with Gasteiger partial charge >= 0.3 is 0 Å². The smallest absolute Gasteiger partial charge is 0.246 e. The first kappa shape index (κ1) is 19.9. The monoisotopic (exact) mass is 370 g/mol. The molecule has 0 saturated carbocycles. The Morgan fingerprint density at radius 2 is 1.88 bits per heavy atom. The number of piperidine rings is 1. The average Bonchev–Trinajstić information content (AvgIpc) is 2.82. The van der Waals surface area contributed by atoms with Crippen LogP contribution in [-0.4, -0.2) is 47.5 Å². The third-order valence-electron chi connectivity index (χ3n) is 4.65. The molecule has 2 rings (SSSR count). The minimum atomic E-state index is -3.55. The van der Waals surface area contributed by atoms with Crippen molar-refractivity contribution < 1.29 is 13.2 Å². The number of carbonyl (C=O) groups is 1. The predicted molar refractivity (Wildman–Crippen MR) is 96.8 cm³/mol. The van der Waals surface area contributed by atoms with Gasteiger partial charge in [0.1, 0.15) is 11.4 Å². The van der Waals surface area contributed by atoms with E-state index >= 15 is 0 Å². The summed E-state index contributed by atoms with van der Waals surface area (Å²) in [5.74, 6) is -0.145. The fourth-order valence-electron chi connectivity index (χ4n) is 3.40. The number of hydrogen-bond donors (Lipinski definition) is 1. The number of nitrogens with zero attached hydrogens (tertiary/aromatic N) is 3. The lowest BCUT2D eigenvalue weighted by Gasteiger charge is -2.26. The van der Waals surface area contributed by atoms with Gasteiger partial charge in [0.2, 0.25) is 15.9 Å². The van der Waals surface area contributed by atoms with Gasteiger partial charge in [0.25, 0.3) is 0 Å². The fourth-order valence-corrected chi connectivity index (χ4v) is 5.29. The van der Waals surface area contributed by atoms with Gasteiger partial charge in [-0.25, -0.2) is 8.42 Å². The van der Waals surface area contributed by atoms with Gasteiger partial charge in [0.15, 0.2) is 0 Å². The molecule has 0 unspecified atom stereocenters. The van der Waals surface area contributed by atoms with E-state index in [1.165, 1.54) is 4.68 Å². The molecular formula is C17H30N4O3S. The number of aromatic nitrogens is 2. The van der Waals surface area contributed by atoms with Gasteiger partial charge in [0.05, 0.1) is 11.4 Å². The number of carbonyl (C=O) groups excluding carboxylic acids is 1. The lowest BCUT2D eigenvalue weighted by atomic mass is 10.2. The zero-order chi connectivity index (χ0) is 18.6. The van der Waals surface area contributed by atoms with Crippen molar-refractivity contribution in [2.75, 3.05) is 13.1 Å². The first-order chi connectivity index (χ1) is 11.8. The van der Waals surface area contributed by atoms with Crippen LogP contribution in [-0.2, 0) is 21.4 Å². The Bertz CT molecular complexity index is 706. The van der Waals surface area contributed by atoms with Crippen molar-refractivity contribution >= 4 is 15.9 Å². The summed E-state index contributed by atoms with van der Waals surface area (Å²) in [6.07, 6.45) is 4.77. The zero-order valence-corrected chi connectivity index (χ0v) is 16.5. The minimum absolute atomic E-state index is 0.0379. The van der Waals surface area contributed by atoms with Crippen molar-refractivity contribution in [3.05, 3.63) is 11.4 Å². The van der Waals surface area contributed by atoms with Crippen molar-refractivity contribution in [3.63, 3.8) is 0 Å². The Labute approximate surface area is 150 Å². The van der Waals surface area contributed by atoms with E-state index in [2.05, 4.69) is 17.3 Å². The maximum atomic E-state index is 13.0. The Morgan fingerprint density at radius 3 is 2.48 bits per heavy atom. The maximum absolute atomic E-state index is 13.0. The highest BCUT2D eigenvalue weighted by Crippen LogP contribution is 2.26. The quantitative estimate of drug-likeness (QED) is 0.795. The predicted octanol–water partition coefficient (Wildman–Crippen LogP) is 1.98. The molecule has 2 heterocycles. The molecule has 0 aromatic carbocycles. The van der Waals surface area contributed by atoms with Crippen molar-refractivity contribution in [1.82, 2.24) is 19.4 Å². The summed E-state index contributed by atoms with van der Waals surface area (Å²) in [6.45, 7) is 8.60. The highest BCUT2D eigenvalue weighted by Gasteiger charge is 2.32.